The second kappa shape index (κ2) is 7.80. The van der Waals surface area contributed by atoms with Gasteiger partial charge >= 0.3 is 0 Å². The van der Waals surface area contributed by atoms with Crippen LogP contribution in [0.3, 0.4) is 0 Å². The van der Waals surface area contributed by atoms with Crippen LogP contribution in [0.25, 0.3) is 16.4 Å². The van der Waals surface area contributed by atoms with Crippen LogP contribution < -0.4 is 5.32 Å². The Labute approximate surface area is 161 Å². The highest BCUT2D eigenvalue weighted by Crippen LogP contribution is 2.20. The molecule has 1 amide bonds. The Bertz CT molecular complexity index is 1090. The number of carbonyl (C=O) groups excluding carboxylic acids is 1. The normalized spacial score (nSPS) is 12.3. The standard InChI is InChI=1S/C21H20N4OS/c1-27-13-11-18(20-24-23-19-8-4-5-12-25(19)20)22-21(26)17-10-9-15-6-2-3-7-16(15)14-17/h2-10,12,14,18H,11,13H2,1H3,(H,22,26). The number of nitrogens with zero attached hydrogens (tertiary/aromatic N) is 3. The van der Waals surface area contributed by atoms with Gasteiger partial charge in [0.15, 0.2) is 11.5 Å². The lowest BCUT2D eigenvalue weighted by Gasteiger charge is -2.17. The minimum atomic E-state index is -0.200. The molecule has 1 N–H and O–H groups in total. The third-order valence-corrected chi connectivity index (χ3v) is 5.22. The molecule has 2 aromatic heterocycles. The number of benzene rings is 2. The zero-order valence-corrected chi connectivity index (χ0v) is 15.8. The Morgan fingerprint density at radius 3 is 2.74 bits per heavy atom. The molecule has 136 valence electrons. The molecule has 0 radical (unpaired) electrons. The van der Waals surface area contributed by atoms with E-state index in [0.717, 1.165) is 34.4 Å². The second-order valence-corrected chi connectivity index (χ2v) is 7.34. The summed E-state index contributed by atoms with van der Waals surface area (Å²) in [6.07, 6.45) is 4.78. The zero-order chi connectivity index (χ0) is 18.6. The van der Waals surface area contributed by atoms with Crippen molar-refractivity contribution in [2.75, 3.05) is 12.0 Å². The van der Waals surface area contributed by atoms with Crippen molar-refractivity contribution in [3.05, 3.63) is 78.2 Å². The summed E-state index contributed by atoms with van der Waals surface area (Å²) in [5.41, 5.74) is 1.43. The fourth-order valence-electron chi connectivity index (χ4n) is 3.17. The van der Waals surface area contributed by atoms with E-state index in [2.05, 4.69) is 21.8 Å². The molecule has 1 atom stereocenters. The molecule has 1 unspecified atom stereocenters. The molecule has 0 saturated heterocycles. The largest absolute Gasteiger partial charge is 0.342 e. The van der Waals surface area contributed by atoms with Crippen LogP contribution in [0.4, 0.5) is 0 Å². The lowest BCUT2D eigenvalue weighted by atomic mass is 10.1. The number of hydrogen-bond donors (Lipinski definition) is 1. The van der Waals surface area contributed by atoms with Gasteiger partial charge < -0.3 is 5.32 Å². The summed E-state index contributed by atoms with van der Waals surface area (Å²) in [4.78, 5) is 12.9. The molecule has 0 fully saturated rings. The Balaban J connectivity index is 1.63. The number of nitrogens with one attached hydrogen (secondary N) is 1. The van der Waals surface area contributed by atoms with Gasteiger partial charge in [-0.2, -0.15) is 11.8 Å². The van der Waals surface area contributed by atoms with E-state index in [1.54, 1.807) is 11.8 Å². The van der Waals surface area contributed by atoms with Crippen molar-refractivity contribution in [1.82, 2.24) is 19.9 Å². The van der Waals surface area contributed by atoms with E-state index in [-0.39, 0.29) is 11.9 Å². The van der Waals surface area contributed by atoms with E-state index in [4.69, 9.17) is 0 Å². The molecule has 0 bridgehead atoms. The molecule has 0 saturated carbocycles. The van der Waals surface area contributed by atoms with Crippen LogP contribution >= 0.6 is 11.8 Å². The Morgan fingerprint density at radius 2 is 1.89 bits per heavy atom. The summed E-state index contributed by atoms with van der Waals surface area (Å²) in [7, 11) is 0. The van der Waals surface area contributed by atoms with Gasteiger partial charge in [-0.05, 0) is 53.5 Å². The van der Waals surface area contributed by atoms with Crippen molar-refractivity contribution in [1.29, 1.82) is 0 Å². The van der Waals surface area contributed by atoms with Gasteiger partial charge in [0.05, 0.1) is 6.04 Å². The van der Waals surface area contributed by atoms with Gasteiger partial charge in [-0.3, -0.25) is 9.20 Å². The van der Waals surface area contributed by atoms with Gasteiger partial charge in [0.2, 0.25) is 0 Å². The second-order valence-electron chi connectivity index (χ2n) is 6.36. The van der Waals surface area contributed by atoms with E-state index in [1.807, 2.05) is 71.3 Å². The van der Waals surface area contributed by atoms with Crippen LogP contribution in [0.2, 0.25) is 0 Å². The number of carbonyl (C=O) groups is 1. The minimum Gasteiger partial charge on any atom is -0.342 e. The SMILES string of the molecule is CSCCC(NC(=O)c1ccc2ccccc2c1)c1nnc2ccccn12. The fraction of sp³-hybridized carbons (Fsp3) is 0.190. The molecule has 0 aliphatic carbocycles. The fourth-order valence-corrected chi connectivity index (χ4v) is 3.64. The van der Waals surface area contributed by atoms with Crippen molar-refractivity contribution < 1.29 is 4.79 Å². The Morgan fingerprint density at radius 1 is 1.07 bits per heavy atom. The quantitative estimate of drug-likeness (QED) is 0.550. The number of thioether (sulfide) groups is 1. The van der Waals surface area contributed by atoms with Crippen molar-refractivity contribution in [2.24, 2.45) is 0 Å². The summed E-state index contributed by atoms with van der Waals surface area (Å²) in [5.74, 6) is 1.58. The van der Waals surface area contributed by atoms with Crippen LogP contribution in [0.15, 0.2) is 66.9 Å². The number of rotatable bonds is 6. The molecule has 2 aromatic carbocycles. The van der Waals surface area contributed by atoms with Gasteiger partial charge in [-0.25, -0.2) is 0 Å². The third kappa shape index (κ3) is 3.66. The summed E-state index contributed by atoms with van der Waals surface area (Å²) in [6.45, 7) is 0. The zero-order valence-electron chi connectivity index (χ0n) is 15.0. The lowest BCUT2D eigenvalue weighted by Crippen LogP contribution is -2.30. The highest BCUT2D eigenvalue weighted by Gasteiger charge is 2.21. The highest BCUT2D eigenvalue weighted by atomic mass is 32.2. The van der Waals surface area contributed by atoms with Crippen molar-refractivity contribution >= 4 is 34.1 Å². The van der Waals surface area contributed by atoms with E-state index in [1.165, 1.54) is 0 Å². The molecular weight excluding hydrogens is 356 g/mol. The van der Waals surface area contributed by atoms with Crippen LogP contribution in [0, 0.1) is 0 Å². The first-order valence-corrected chi connectivity index (χ1v) is 10.2. The van der Waals surface area contributed by atoms with Crippen LogP contribution in [-0.4, -0.2) is 32.5 Å². The summed E-state index contributed by atoms with van der Waals surface area (Å²) < 4.78 is 1.94. The van der Waals surface area contributed by atoms with Gasteiger partial charge in [-0.15, -0.1) is 10.2 Å². The van der Waals surface area contributed by atoms with Crippen LogP contribution in [0.5, 0.6) is 0 Å². The molecule has 6 heteroatoms. The topological polar surface area (TPSA) is 59.3 Å². The highest BCUT2D eigenvalue weighted by molar-refractivity contribution is 7.98. The van der Waals surface area contributed by atoms with E-state index in [0.29, 0.717) is 5.56 Å². The Hall–Kier alpha value is -2.86. The predicted molar refractivity (Wildman–Crippen MR) is 110 cm³/mol. The molecule has 0 aliphatic heterocycles. The summed E-state index contributed by atoms with van der Waals surface area (Å²) >= 11 is 1.75. The molecule has 0 spiro atoms. The summed E-state index contributed by atoms with van der Waals surface area (Å²) in [6, 6.07) is 19.4. The van der Waals surface area contributed by atoms with Crippen molar-refractivity contribution in [3.8, 4) is 0 Å². The van der Waals surface area contributed by atoms with Gasteiger partial charge in [0.1, 0.15) is 0 Å². The molecule has 4 rings (SSSR count). The van der Waals surface area contributed by atoms with Gasteiger partial charge in [-0.1, -0.05) is 36.4 Å². The molecular formula is C21H20N4OS. The van der Waals surface area contributed by atoms with E-state index in [9.17, 15) is 4.79 Å². The predicted octanol–water partition coefficient (Wildman–Crippen LogP) is 4.11. The van der Waals surface area contributed by atoms with E-state index < -0.39 is 0 Å². The Kier molecular flexibility index (Phi) is 5.07. The minimum absolute atomic E-state index is 0.0977. The maximum absolute atomic E-state index is 12.9. The smallest absolute Gasteiger partial charge is 0.251 e. The van der Waals surface area contributed by atoms with Crippen molar-refractivity contribution in [3.63, 3.8) is 0 Å². The molecule has 4 aromatic rings. The van der Waals surface area contributed by atoms with Crippen LogP contribution in [-0.2, 0) is 0 Å². The maximum Gasteiger partial charge on any atom is 0.251 e. The third-order valence-electron chi connectivity index (χ3n) is 4.58. The van der Waals surface area contributed by atoms with E-state index >= 15 is 0 Å². The lowest BCUT2D eigenvalue weighted by molar-refractivity contribution is 0.0934. The number of aromatic nitrogens is 3. The molecule has 2 heterocycles. The first-order valence-electron chi connectivity index (χ1n) is 8.84. The van der Waals surface area contributed by atoms with Crippen molar-refractivity contribution in [2.45, 2.75) is 12.5 Å². The number of pyridine rings is 1. The first-order chi connectivity index (χ1) is 13.3. The average Bonchev–Trinajstić information content (AvgIpc) is 3.14. The van der Waals surface area contributed by atoms with Gasteiger partial charge in [0.25, 0.3) is 5.91 Å². The van der Waals surface area contributed by atoms with Crippen LogP contribution in [0.1, 0.15) is 28.6 Å². The number of hydrogen-bond acceptors (Lipinski definition) is 4. The maximum atomic E-state index is 12.9. The average molecular weight is 376 g/mol. The number of amides is 1. The summed E-state index contributed by atoms with van der Waals surface area (Å²) in [5, 5.41) is 13.9. The van der Waals surface area contributed by atoms with Gasteiger partial charge in [0, 0.05) is 11.8 Å². The molecule has 5 nitrogen and oxygen atoms in total. The first kappa shape index (κ1) is 17.5. The number of fused-ring (bicyclic) bond motifs is 2. The molecule has 0 aliphatic rings. The molecule has 27 heavy (non-hydrogen) atoms. The monoisotopic (exact) mass is 376 g/mol.